The van der Waals surface area contributed by atoms with E-state index in [4.69, 9.17) is 5.26 Å². The summed E-state index contributed by atoms with van der Waals surface area (Å²) in [4.78, 5) is 0.128. The van der Waals surface area contributed by atoms with Gasteiger partial charge in [0.1, 0.15) is 4.90 Å². The van der Waals surface area contributed by atoms with Crippen molar-refractivity contribution in [2.75, 3.05) is 0 Å². The number of hydrogen-bond donors (Lipinski definition) is 1. The number of nitrogens with zero attached hydrogens (tertiary/aromatic N) is 3. The maximum Gasteiger partial charge on any atom is 0.243 e. The van der Waals surface area contributed by atoms with Crippen LogP contribution < -0.4 is 4.72 Å². The van der Waals surface area contributed by atoms with Gasteiger partial charge in [0.2, 0.25) is 10.0 Å². The second-order valence-corrected chi connectivity index (χ2v) is 5.75. The van der Waals surface area contributed by atoms with Crippen molar-refractivity contribution in [3.63, 3.8) is 0 Å². The maximum atomic E-state index is 11.9. The molecule has 1 aromatic heterocycles. The Balaban J connectivity index is 2.07. The first kappa shape index (κ1) is 13.3. The highest BCUT2D eigenvalue weighted by Crippen LogP contribution is 2.08. The lowest BCUT2D eigenvalue weighted by Crippen LogP contribution is -2.22. The summed E-state index contributed by atoms with van der Waals surface area (Å²) in [6, 6.07) is 8.72. The van der Waals surface area contributed by atoms with Gasteiger partial charge in [0.25, 0.3) is 0 Å². The zero-order valence-corrected chi connectivity index (χ0v) is 11.1. The van der Waals surface area contributed by atoms with E-state index in [1.807, 2.05) is 6.07 Å². The van der Waals surface area contributed by atoms with Crippen LogP contribution in [0.3, 0.4) is 0 Å². The van der Waals surface area contributed by atoms with E-state index in [2.05, 4.69) is 9.82 Å². The van der Waals surface area contributed by atoms with Crippen LogP contribution in [-0.2, 0) is 23.6 Å². The molecule has 2 rings (SSSR count). The van der Waals surface area contributed by atoms with Gasteiger partial charge < -0.3 is 0 Å². The number of aryl methyl sites for hydroxylation is 1. The molecule has 1 aromatic carbocycles. The summed E-state index contributed by atoms with van der Waals surface area (Å²) in [5.41, 5.74) is 1.32. The summed E-state index contributed by atoms with van der Waals surface area (Å²) >= 11 is 0. The summed E-state index contributed by atoms with van der Waals surface area (Å²) in [7, 11) is -1.90. The molecule has 0 saturated heterocycles. The molecule has 98 valence electrons. The average Bonchev–Trinajstić information content (AvgIpc) is 2.85. The molecule has 0 radical (unpaired) electrons. The van der Waals surface area contributed by atoms with Crippen LogP contribution in [0.1, 0.15) is 11.1 Å². The zero-order chi connectivity index (χ0) is 13.9. The van der Waals surface area contributed by atoms with E-state index in [1.165, 1.54) is 17.1 Å². The Morgan fingerprint density at radius 3 is 2.58 bits per heavy atom. The topological polar surface area (TPSA) is 87.8 Å². The Bertz CT molecular complexity index is 711. The Morgan fingerprint density at radius 2 is 2.05 bits per heavy atom. The van der Waals surface area contributed by atoms with Gasteiger partial charge in [0, 0.05) is 19.8 Å². The van der Waals surface area contributed by atoms with Gasteiger partial charge in [-0.15, -0.1) is 0 Å². The molecule has 0 spiro atoms. The molecule has 2 aromatic rings. The van der Waals surface area contributed by atoms with Crippen LogP contribution in [0.5, 0.6) is 0 Å². The Morgan fingerprint density at radius 1 is 1.37 bits per heavy atom. The van der Waals surface area contributed by atoms with Gasteiger partial charge in [-0.05, 0) is 17.7 Å². The number of aromatic nitrogens is 2. The van der Waals surface area contributed by atoms with Gasteiger partial charge in [-0.25, -0.2) is 13.1 Å². The number of nitrogens with one attached hydrogen (secondary N) is 1. The van der Waals surface area contributed by atoms with Gasteiger partial charge >= 0.3 is 0 Å². The molecule has 0 amide bonds. The van der Waals surface area contributed by atoms with Crippen molar-refractivity contribution in [3.05, 3.63) is 47.8 Å². The Kier molecular flexibility index (Phi) is 3.64. The summed E-state index contributed by atoms with van der Waals surface area (Å²) in [5, 5.41) is 12.5. The maximum absolute atomic E-state index is 11.9. The van der Waals surface area contributed by atoms with Crippen molar-refractivity contribution in [2.24, 2.45) is 7.05 Å². The van der Waals surface area contributed by atoms with Crippen LogP contribution in [0.15, 0.2) is 41.6 Å². The standard InChI is InChI=1S/C12H12N4O2S/c1-16-9-12(8-14-16)19(17,18)15-7-11-4-2-10(6-13)3-5-11/h2-5,8-9,15H,7H2,1H3. The highest BCUT2D eigenvalue weighted by atomic mass is 32.2. The second-order valence-electron chi connectivity index (χ2n) is 3.98. The molecule has 0 fully saturated rings. The van der Waals surface area contributed by atoms with E-state index >= 15 is 0 Å². The monoisotopic (exact) mass is 276 g/mol. The van der Waals surface area contributed by atoms with Crippen LogP contribution in [-0.4, -0.2) is 18.2 Å². The molecule has 0 saturated carbocycles. The molecule has 0 unspecified atom stereocenters. The van der Waals surface area contributed by atoms with E-state index < -0.39 is 10.0 Å². The third kappa shape index (κ3) is 3.19. The molecule has 1 N–H and O–H groups in total. The number of benzene rings is 1. The van der Waals surface area contributed by atoms with E-state index in [1.54, 1.807) is 31.3 Å². The van der Waals surface area contributed by atoms with Crippen molar-refractivity contribution < 1.29 is 8.42 Å². The van der Waals surface area contributed by atoms with Gasteiger partial charge in [0.05, 0.1) is 17.8 Å². The first-order valence-corrected chi connectivity index (χ1v) is 6.97. The normalized spacial score (nSPS) is 11.2. The van der Waals surface area contributed by atoms with Crippen molar-refractivity contribution in [2.45, 2.75) is 11.4 Å². The molecular formula is C12H12N4O2S. The molecule has 6 nitrogen and oxygen atoms in total. The lowest BCUT2D eigenvalue weighted by atomic mass is 10.1. The van der Waals surface area contributed by atoms with E-state index in [9.17, 15) is 8.42 Å². The zero-order valence-electron chi connectivity index (χ0n) is 10.2. The molecular weight excluding hydrogens is 264 g/mol. The van der Waals surface area contributed by atoms with Crippen LogP contribution in [0.4, 0.5) is 0 Å². The summed E-state index contributed by atoms with van der Waals surface area (Å²) in [6.07, 6.45) is 2.72. The predicted molar refractivity (Wildman–Crippen MR) is 68.4 cm³/mol. The van der Waals surface area contributed by atoms with Crippen molar-refractivity contribution in [1.82, 2.24) is 14.5 Å². The first-order chi connectivity index (χ1) is 9.01. The third-order valence-electron chi connectivity index (χ3n) is 2.54. The SMILES string of the molecule is Cn1cc(S(=O)(=O)NCc2ccc(C#N)cc2)cn1. The fraction of sp³-hybridized carbons (Fsp3) is 0.167. The predicted octanol–water partition coefficient (Wildman–Crippen LogP) is 0.770. The number of hydrogen-bond acceptors (Lipinski definition) is 4. The minimum Gasteiger partial charge on any atom is -0.274 e. The number of sulfonamides is 1. The minimum absolute atomic E-state index is 0.128. The Labute approximate surface area is 111 Å². The Hall–Kier alpha value is -2.17. The van der Waals surface area contributed by atoms with Crippen LogP contribution >= 0.6 is 0 Å². The number of nitriles is 1. The summed E-state index contributed by atoms with van der Waals surface area (Å²) in [6.45, 7) is 0.170. The van der Waals surface area contributed by atoms with Crippen molar-refractivity contribution in [3.8, 4) is 6.07 Å². The first-order valence-electron chi connectivity index (χ1n) is 5.48. The number of rotatable bonds is 4. The average molecular weight is 276 g/mol. The second kappa shape index (κ2) is 5.22. The minimum atomic E-state index is -3.55. The molecule has 19 heavy (non-hydrogen) atoms. The van der Waals surface area contributed by atoms with Crippen molar-refractivity contribution >= 4 is 10.0 Å². The summed E-state index contributed by atoms with van der Waals surface area (Å²) in [5.74, 6) is 0. The molecule has 0 atom stereocenters. The molecule has 7 heteroatoms. The largest absolute Gasteiger partial charge is 0.274 e. The smallest absolute Gasteiger partial charge is 0.243 e. The van der Waals surface area contributed by atoms with E-state index in [-0.39, 0.29) is 11.4 Å². The quantitative estimate of drug-likeness (QED) is 0.893. The van der Waals surface area contributed by atoms with Gasteiger partial charge in [0.15, 0.2) is 0 Å². The van der Waals surface area contributed by atoms with Gasteiger partial charge in [-0.2, -0.15) is 10.4 Å². The lowest BCUT2D eigenvalue weighted by molar-refractivity contribution is 0.581. The highest BCUT2D eigenvalue weighted by molar-refractivity contribution is 7.89. The highest BCUT2D eigenvalue weighted by Gasteiger charge is 2.15. The third-order valence-corrected chi connectivity index (χ3v) is 3.90. The van der Waals surface area contributed by atoms with Crippen LogP contribution in [0.2, 0.25) is 0 Å². The van der Waals surface area contributed by atoms with Gasteiger partial charge in [-0.1, -0.05) is 12.1 Å². The van der Waals surface area contributed by atoms with E-state index in [0.29, 0.717) is 5.56 Å². The molecule has 0 aliphatic rings. The summed E-state index contributed by atoms with van der Waals surface area (Å²) < 4.78 is 27.8. The fourth-order valence-corrected chi connectivity index (χ4v) is 2.50. The molecule has 0 aliphatic heterocycles. The van der Waals surface area contributed by atoms with Crippen LogP contribution in [0, 0.1) is 11.3 Å². The lowest BCUT2D eigenvalue weighted by Gasteiger charge is -2.04. The molecule has 0 bridgehead atoms. The van der Waals surface area contributed by atoms with Crippen molar-refractivity contribution in [1.29, 1.82) is 5.26 Å². The van der Waals surface area contributed by atoms with E-state index in [0.717, 1.165) is 5.56 Å². The fourth-order valence-electron chi connectivity index (χ4n) is 1.50. The molecule has 1 heterocycles. The van der Waals surface area contributed by atoms with Crippen LogP contribution in [0.25, 0.3) is 0 Å². The molecule has 0 aliphatic carbocycles. The van der Waals surface area contributed by atoms with Gasteiger partial charge in [-0.3, -0.25) is 4.68 Å².